The molecule has 1 aromatic carbocycles. The number of hydrogen-bond donors (Lipinski definition) is 1. The van der Waals surface area contributed by atoms with Crippen LogP contribution in [0.4, 0.5) is 4.39 Å². The Kier molecular flexibility index (Phi) is 3.52. The van der Waals surface area contributed by atoms with Crippen molar-refractivity contribution in [2.75, 3.05) is 0 Å². The Morgan fingerprint density at radius 1 is 1.44 bits per heavy atom. The zero-order valence-corrected chi connectivity index (χ0v) is 10.4. The van der Waals surface area contributed by atoms with E-state index in [1.807, 2.05) is 0 Å². The average Bonchev–Trinajstić information content (AvgIpc) is 2.75. The van der Waals surface area contributed by atoms with Crippen molar-refractivity contribution in [2.45, 2.75) is 0 Å². The van der Waals surface area contributed by atoms with E-state index < -0.39 is 11.8 Å². The van der Waals surface area contributed by atoms with Gasteiger partial charge in [0.15, 0.2) is 0 Å². The van der Waals surface area contributed by atoms with E-state index in [2.05, 4.69) is 26.1 Å². The highest BCUT2D eigenvalue weighted by molar-refractivity contribution is 9.10. The summed E-state index contributed by atoms with van der Waals surface area (Å²) < 4.78 is 19.2. The number of benzene rings is 1. The zero-order valence-electron chi connectivity index (χ0n) is 8.80. The molecule has 0 amide bonds. The fourth-order valence-electron chi connectivity index (χ4n) is 1.25. The van der Waals surface area contributed by atoms with Crippen molar-refractivity contribution in [3.05, 3.63) is 40.5 Å². The summed E-state index contributed by atoms with van der Waals surface area (Å²) in [4.78, 5) is 10.3. The molecule has 0 atom stereocenters. The van der Waals surface area contributed by atoms with Gasteiger partial charge in [0.2, 0.25) is 5.89 Å². The summed E-state index contributed by atoms with van der Waals surface area (Å²) in [6.07, 6.45) is 1.99. The molecule has 0 aliphatic heterocycles. The smallest absolute Gasteiger partial charge is 0.328 e. The monoisotopic (exact) mass is 312 g/mol. The number of hydrogen-bond acceptors (Lipinski definition) is 4. The zero-order chi connectivity index (χ0) is 13.1. The standard InChI is InChI=1S/C11H6BrFN2O3/c12-6-2-1-3-7(13)10(6)11-15-14-8(18-11)4-5-9(16)17/h1-5H,(H,16,17)/b5-4+. The maximum Gasteiger partial charge on any atom is 0.328 e. The third-order valence-electron chi connectivity index (χ3n) is 1.99. The second-order valence-corrected chi connectivity index (χ2v) is 4.07. The first-order valence-electron chi connectivity index (χ1n) is 4.77. The molecule has 0 saturated carbocycles. The van der Waals surface area contributed by atoms with Crippen LogP contribution >= 0.6 is 15.9 Å². The summed E-state index contributed by atoms with van der Waals surface area (Å²) in [5.74, 6) is -1.68. The first-order valence-corrected chi connectivity index (χ1v) is 5.56. The van der Waals surface area contributed by atoms with Gasteiger partial charge in [-0.2, -0.15) is 0 Å². The lowest BCUT2D eigenvalue weighted by molar-refractivity contribution is -0.131. The number of carbonyl (C=O) groups is 1. The number of halogens is 2. The lowest BCUT2D eigenvalue weighted by Gasteiger charge is -1.99. The lowest BCUT2D eigenvalue weighted by Crippen LogP contribution is -1.85. The third kappa shape index (κ3) is 2.62. The Bertz CT molecular complexity index is 604. The molecule has 0 aliphatic rings. The predicted molar refractivity (Wildman–Crippen MR) is 64.1 cm³/mol. The van der Waals surface area contributed by atoms with Crippen LogP contribution in [0.25, 0.3) is 17.5 Å². The average molecular weight is 313 g/mol. The molecule has 7 heteroatoms. The molecule has 2 aromatic rings. The molecule has 2 rings (SSSR count). The van der Waals surface area contributed by atoms with Crippen molar-refractivity contribution in [1.29, 1.82) is 0 Å². The Hall–Kier alpha value is -2.02. The van der Waals surface area contributed by atoms with Crippen molar-refractivity contribution in [3.63, 3.8) is 0 Å². The van der Waals surface area contributed by atoms with Gasteiger partial charge in [0.05, 0.1) is 5.56 Å². The fraction of sp³-hybridized carbons (Fsp3) is 0. The van der Waals surface area contributed by atoms with E-state index >= 15 is 0 Å². The Balaban J connectivity index is 2.38. The second-order valence-electron chi connectivity index (χ2n) is 3.21. The van der Waals surface area contributed by atoms with Crippen molar-refractivity contribution >= 4 is 28.0 Å². The molecule has 1 N–H and O–H groups in total. The quantitative estimate of drug-likeness (QED) is 0.882. The summed E-state index contributed by atoms with van der Waals surface area (Å²) in [6.45, 7) is 0. The van der Waals surface area contributed by atoms with Gasteiger partial charge < -0.3 is 9.52 Å². The highest BCUT2D eigenvalue weighted by Gasteiger charge is 2.15. The summed E-state index contributed by atoms with van der Waals surface area (Å²) in [7, 11) is 0. The summed E-state index contributed by atoms with van der Waals surface area (Å²) in [5, 5.41) is 15.7. The van der Waals surface area contributed by atoms with Crippen molar-refractivity contribution in [2.24, 2.45) is 0 Å². The summed E-state index contributed by atoms with van der Waals surface area (Å²) >= 11 is 3.18. The van der Waals surface area contributed by atoms with Gasteiger partial charge in [-0.25, -0.2) is 9.18 Å². The topological polar surface area (TPSA) is 76.2 Å². The molecule has 0 radical (unpaired) electrons. The van der Waals surface area contributed by atoms with Crippen molar-refractivity contribution in [3.8, 4) is 11.5 Å². The molecule has 0 bridgehead atoms. The summed E-state index contributed by atoms with van der Waals surface area (Å²) in [5.41, 5.74) is 0.139. The largest absolute Gasteiger partial charge is 0.478 e. The van der Waals surface area contributed by atoms with E-state index in [0.717, 1.165) is 12.2 Å². The van der Waals surface area contributed by atoms with Crippen LogP contribution in [0.15, 0.2) is 33.2 Å². The molecule has 5 nitrogen and oxygen atoms in total. The molecule has 0 aliphatic carbocycles. The van der Waals surface area contributed by atoms with Gasteiger partial charge in [0.25, 0.3) is 5.89 Å². The molecule has 0 spiro atoms. The van der Waals surface area contributed by atoms with E-state index in [9.17, 15) is 9.18 Å². The van der Waals surface area contributed by atoms with E-state index in [4.69, 9.17) is 9.52 Å². The van der Waals surface area contributed by atoms with Crippen LogP contribution in [0.1, 0.15) is 5.89 Å². The molecule has 92 valence electrons. The molecular weight excluding hydrogens is 307 g/mol. The first-order chi connectivity index (χ1) is 8.58. The van der Waals surface area contributed by atoms with E-state index in [1.165, 1.54) is 12.1 Å². The number of rotatable bonds is 3. The van der Waals surface area contributed by atoms with Crippen LogP contribution in [0, 0.1) is 5.82 Å². The number of aromatic nitrogens is 2. The molecule has 0 unspecified atom stereocenters. The van der Waals surface area contributed by atoms with Gasteiger partial charge >= 0.3 is 5.97 Å². The molecule has 1 aromatic heterocycles. The highest BCUT2D eigenvalue weighted by atomic mass is 79.9. The van der Waals surface area contributed by atoms with Crippen LogP contribution < -0.4 is 0 Å². The van der Waals surface area contributed by atoms with Gasteiger partial charge in [-0.05, 0) is 28.1 Å². The lowest BCUT2D eigenvalue weighted by atomic mass is 10.2. The van der Waals surface area contributed by atoms with Crippen LogP contribution in [0.5, 0.6) is 0 Å². The molecular formula is C11H6BrFN2O3. The van der Waals surface area contributed by atoms with Crippen LogP contribution in [-0.2, 0) is 4.79 Å². The fourth-order valence-corrected chi connectivity index (χ4v) is 1.76. The number of aliphatic carboxylic acids is 1. The molecule has 18 heavy (non-hydrogen) atoms. The molecule has 0 fully saturated rings. The van der Waals surface area contributed by atoms with Crippen LogP contribution in [-0.4, -0.2) is 21.3 Å². The van der Waals surface area contributed by atoms with Gasteiger partial charge in [0, 0.05) is 16.6 Å². The third-order valence-corrected chi connectivity index (χ3v) is 2.65. The number of nitrogens with zero attached hydrogens (tertiary/aromatic N) is 2. The van der Waals surface area contributed by atoms with Crippen LogP contribution in [0.3, 0.4) is 0 Å². The van der Waals surface area contributed by atoms with Gasteiger partial charge in [-0.1, -0.05) is 6.07 Å². The predicted octanol–water partition coefficient (Wildman–Crippen LogP) is 2.74. The SMILES string of the molecule is O=C(O)/C=C/c1nnc(-c2c(F)cccc2Br)o1. The minimum absolute atomic E-state index is 0.0115. The molecule has 1 heterocycles. The minimum Gasteiger partial charge on any atom is -0.478 e. The Morgan fingerprint density at radius 3 is 2.89 bits per heavy atom. The minimum atomic E-state index is -1.14. The first kappa shape index (κ1) is 12.4. The second kappa shape index (κ2) is 5.09. The van der Waals surface area contributed by atoms with Gasteiger partial charge in [0.1, 0.15) is 5.82 Å². The van der Waals surface area contributed by atoms with Crippen molar-refractivity contribution < 1.29 is 18.7 Å². The maximum absolute atomic E-state index is 13.6. The van der Waals surface area contributed by atoms with E-state index in [0.29, 0.717) is 4.47 Å². The Morgan fingerprint density at radius 2 is 2.22 bits per heavy atom. The number of carboxylic acid groups (broad SMARTS) is 1. The number of carboxylic acids is 1. The maximum atomic E-state index is 13.6. The highest BCUT2D eigenvalue weighted by Crippen LogP contribution is 2.29. The Labute approximate surface area is 109 Å². The van der Waals surface area contributed by atoms with E-state index in [-0.39, 0.29) is 17.3 Å². The van der Waals surface area contributed by atoms with Gasteiger partial charge in [-0.3, -0.25) is 0 Å². The van der Waals surface area contributed by atoms with Gasteiger partial charge in [-0.15, -0.1) is 10.2 Å². The summed E-state index contributed by atoms with van der Waals surface area (Å²) in [6, 6.07) is 4.43. The van der Waals surface area contributed by atoms with Crippen LogP contribution in [0.2, 0.25) is 0 Å². The van der Waals surface area contributed by atoms with Crippen molar-refractivity contribution in [1.82, 2.24) is 10.2 Å². The molecule has 0 saturated heterocycles. The normalized spacial score (nSPS) is 11.0. The van der Waals surface area contributed by atoms with E-state index in [1.54, 1.807) is 6.07 Å².